The van der Waals surface area contributed by atoms with Crippen molar-refractivity contribution in [2.75, 3.05) is 26.5 Å². The number of alkyl halides is 4. The highest BCUT2D eigenvalue weighted by Crippen LogP contribution is 2.38. The first-order valence-corrected chi connectivity index (χ1v) is 10.5. The number of carbonyl (C=O) groups excluding carboxylic acids is 1. The molecule has 3 rings (SSSR count). The van der Waals surface area contributed by atoms with E-state index in [-0.39, 0.29) is 28.3 Å². The van der Waals surface area contributed by atoms with Crippen molar-refractivity contribution < 1.29 is 27.1 Å². The molecule has 1 aromatic rings. The van der Waals surface area contributed by atoms with Crippen LogP contribution in [0.3, 0.4) is 0 Å². The number of nitrogens with zero attached hydrogens (tertiary/aromatic N) is 1. The summed E-state index contributed by atoms with van der Waals surface area (Å²) in [5.74, 6) is -0.556. The van der Waals surface area contributed by atoms with Crippen LogP contribution in [-0.4, -0.2) is 55.5 Å². The van der Waals surface area contributed by atoms with Crippen molar-refractivity contribution in [3.8, 4) is 5.75 Å². The zero-order chi connectivity index (χ0) is 20.5. The minimum Gasteiger partial charge on any atom is -0.496 e. The molecule has 4 nitrogen and oxygen atoms in total. The Balaban J connectivity index is 1.83. The largest absolute Gasteiger partial charge is 0.496 e. The van der Waals surface area contributed by atoms with Gasteiger partial charge in [-0.15, -0.1) is 11.8 Å². The van der Waals surface area contributed by atoms with Crippen LogP contribution in [0.1, 0.15) is 41.6 Å². The Labute approximate surface area is 166 Å². The molecule has 0 bridgehead atoms. The van der Waals surface area contributed by atoms with Gasteiger partial charge in [-0.05, 0) is 44.1 Å². The lowest BCUT2D eigenvalue weighted by Crippen LogP contribution is -2.48. The van der Waals surface area contributed by atoms with Crippen LogP contribution in [0, 0.1) is 0 Å². The number of amides is 1. The molecule has 1 saturated heterocycles. The lowest BCUT2D eigenvalue weighted by molar-refractivity contribution is -0.137. The van der Waals surface area contributed by atoms with Gasteiger partial charge in [-0.1, -0.05) is 0 Å². The molecule has 28 heavy (non-hydrogen) atoms. The maximum Gasteiger partial charge on any atom is 0.416 e. The molecule has 0 aromatic heterocycles. The Morgan fingerprint density at radius 1 is 1.29 bits per heavy atom. The Morgan fingerprint density at radius 2 is 2.04 bits per heavy atom. The highest BCUT2D eigenvalue weighted by atomic mass is 32.2. The van der Waals surface area contributed by atoms with E-state index in [1.165, 1.54) is 7.11 Å². The van der Waals surface area contributed by atoms with Crippen LogP contribution in [0.2, 0.25) is 0 Å². The van der Waals surface area contributed by atoms with Crippen LogP contribution in [0.4, 0.5) is 17.6 Å². The van der Waals surface area contributed by atoms with Crippen LogP contribution in [0.25, 0.3) is 0 Å². The van der Waals surface area contributed by atoms with E-state index in [1.807, 2.05) is 0 Å². The molecule has 1 heterocycles. The molecule has 1 aliphatic carbocycles. The maximum absolute atomic E-state index is 13.6. The third kappa shape index (κ3) is 4.40. The second-order valence-corrected chi connectivity index (χ2v) is 8.06. The zero-order valence-electron chi connectivity index (χ0n) is 15.8. The standard InChI is InChI=1S/C19H24F4N2O2S/c1-27-15-8-11(19(21,22)23)9-16(28-2)17(15)18(26)24-13-4-3-5-14(13)25-7-6-12(20)10-25/h8-9,12-14H,3-7,10H2,1-2H3,(H,24,26)/t12?,13-,14+/m1/s1. The molecule has 2 fully saturated rings. The first kappa shape index (κ1) is 21.2. The zero-order valence-corrected chi connectivity index (χ0v) is 16.6. The summed E-state index contributed by atoms with van der Waals surface area (Å²) < 4.78 is 58.1. The fourth-order valence-corrected chi connectivity index (χ4v) is 4.77. The van der Waals surface area contributed by atoms with Gasteiger partial charge in [-0.25, -0.2) is 4.39 Å². The van der Waals surface area contributed by atoms with Crippen LogP contribution in [0.5, 0.6) is 5.75 Å². The number of thioether (sulfide) groups is 1. The minimum absolute atomic E-state index is 0.0582. The van der Waals surface area contributed by atoms with Crippen LogP contribution >= 0.6 is 11.8 Å². The number of hydrogen-bond donors (Lipinski definition) is 1. The maximum atomic E-state index is 13.6. The normalized spacial score (nSPS) is 25.9. The average molecular weight is 420 g/mol. The van der Waals surface area contributed by atoms with E-state index in [2.05, 4.69) is 10.2 Å². The number of halogens is 4. The molecular formula is C19H24F4N2O2S. The van der Waals surface area contributed by atoms with Gasteiger partial charge < -0.3 is 10.1 Å². The fourth-order valence-electron chi connectivity index (χ4n) is 4.13. The van der Waals surface area contributed by atoms with Gasteiger partial charge in [0.25, 0.3) is 5.91 Å². The Hall–Kier alpha value is -1.48. The van der Waals surface area contributed by atoms with Crippen molar-refractivity contribution in [3.05, 3.63) is 23.3 Å². The monoisotopic (exact) mass is 420 g/mol. The summed E-state index contributed by atoms with van der Waals surface area (Å²) >= 11 is 1.07. The Kier molecular flexibility index (Phi) is 6.44. The molecule has 1 aliphatic heterocycles. The van der Waals surface area contributed by atoms with Gasteiger partial charge in [0.2, 0.25) is 0 Å². The van der Waals surface area contributed by atoms with Crippen molar-refractivity contribution in [1.29, 1.82) is 0 Å². The molecule has 1 unspecified atom stereocenters. The minimum atomic E-state index is -4.53. The molecule has 1 aromatic carbocycles. The Bertz CT molecular complexity index is 703. The smallest absolute Gasteiger partial charge is 0.416 e. The van der Waals surface area contributed by atoms with Gasteiger partial charge in [0.1, 0.15) is 11.9 Å². The number of nitrogens with one attached hydrogen (secondary N) is 1. The predicted molar refractivity (Wildman–Crippen MR) is 99.8 cm³/mol. The molecule has 1 amide bonds. The van der Waals surface area contributed by atoms with E-state index in [4.69, 9.17) is 4.74 Å². The van der Waals surface area contributed by atoms with Crippen molar-refractivity contribution >= 4 is 17.7 Å². The summed E-state index contributed by atoms with van der Waals surface area (Å²) in [5, 5.41) is 2.97. The third-order valence-electron chi connectivity index (χ3n) is 5.49. The summed E-state index contributed by atoms with van der Waals surface area (Å²) in [6, 6.07) is 1.74. The Morgan fingerprint density at radius 3 is 2.61 bits per heavy atom. The van der Waals surface area contributed by atoms with Crippen LogP contribution in [0.15, 0.2) is 17.0 Å². The van der Waals surface area contributed by atoms with Crippen molar-refractivity contribution in [3.63, 3.8) is 0 Å². The van der Waals surface area contributed by atoms with Crippen molar-refractivity contribution in [2.45, 2.75) is 55.0 Å². The van der Waals surface area contributed by atoms with Gasteiger partial charge in [-0.2, -0.15) is 13.2 Å². The van der Waals surface area contributed by atoms with Crippen LogP contribution < -0.4 is 10.1 Å². The van der Waals surface area contributed by atoms with E-state index < -0.39 is 23.8 Å². The van der Waals surface area contributed by atoms with Crippen LogP contribution in [-0.2, 0) is 6.18 Å². The fraction of sp³-hybridized carbons (Fsp3) is 0.632. The highest BCUT2D eigenvalue weighted by Gasteiger charge is 2.38. The lowest BCUT2D eigenvalue weighted by Gasteiger charge is -2.30. The summed E-state index contributed by atoms with van der Waals surface area (Å²) in [6.07, 6.45) is -0.686. The number of rotatable bonds is 5. The first-order valence-electron chi connectivity index (χ1n) is 9.26. The SMILES string of the molecule is COc1cc(C(F)(F)F)cc(SC)c1C(=O)N[C@@H]1CCC[C@@H]1N1CCC(F)C1. The highest BCUT2D eigenvalue weighted by molar-refractivity contribution is 7.98. The summed E-state index contributed by atoms with van der Waals surface area (Å²) in [5.41, 5.74) is -0.742. The first-order chi connectivity index (χ1) is 13.2. The number of benzene rings is 1. The van der Waals surface area contributed by atoms with E-state index in [1.54, 1.807) is 6.26 Å². The molecule has 0 spiro atoms. The van der Waals surface area contributed by atoms with Gasteiger partial charge in [0.15, 0.2) is 0 Å². The number of likely N-dealkylation sites (tertiary alicyclic amines) is 1. The molecule has 1 saturated carbocycles. The predicted octanol–water partition coefficient (Wildman–Crippen LogP) is 4.13. The molecule has 3 atom stereocenters. The van der Waals surface area contributed by atoms with E-state index in [9.17, 15) is 22.4 Å². The van der Waals surface area contributed by atoms with Gasteiger partial charge in [0, 0.05) is 30.1 Å². The van der Waals surface area contributed by atoms with E-state index in [0.29, 0.717) is 19.5 Å². The second-order valence-electron chi connectivity index (χ2n) is 7.21. The number of carbonyl (C=O) groups is 1. The quantitative estimate of drug-likeness (QED) is 0.575. The molecule has 156 valence electrons. The summed E-state index contributed by atoms with van der Waals surface area (Å²) in [4.78, 5) is 15.3. The summed E-state index contributed by atoms with van der Waals surface area (Å²) in [7, 11) is 1.25. The molecule has 0 radical (unpaired) electrons. The summed E-state index contributed by atoms with van der Waals surface area (Å²) in [6.45, 7) is 1.04. The lowest BCUT2D eigenvalue weighted by atomic mass is 10.1. The molecule has 1 N–H and O–H groups in total. The average Bonchev–Trinajstić information content (AvgIpc) is 3.28. The second kappa shape index (κ2) is 8.49. The van der Waals surface area contributed by atoms with Gasteiger partial charge >= 0.3 is 6.18 Å². The number of ether oxygens (including phenoxy) is 1. The third-order valence-corrected chi connectivity index (χ3v) is 6.25. The molecular weight excluding hydrogens is 396 g/mol. The topological polar surface area (TPSA) is 41.6 Å². The van der Waals surface area contributed by atoms with Gasteiger partial charge in [-0.3, -0.25) is 9.69 Å². The van der Waals surface area contributed by atoms with E-state index >= 15 is 0 Å². The van der Waals surface area contributed by atoms with Crippen molar-refractivity contribution in [1.82, 2.24) is 10.2 Å². The molecule has 2 aliphatic rings. The van der Waals surface area contributed by atoms with Crippen molar-refractivity contribution in [2.24, 2.45) is 0 Å². The number of methoxy groups -OCH3 is 1. The van der Waals surface area contributed by atoms with E-state index in [0.717, 1.165) is 43.2 Å². The molecule has 9 heteroatoms. The van der Waals surface area contributed by atoms with Gasteiger partial charge in [0.05, 0.1) is 18.2 Å². The number of hydrogen-bond acceptors (Lipinski definition) is 4.